The average molecular weight is 350 g/mol. The first-order chi connectivity index (χ1) is 11.8. The minimum atomic E-state index is -1.31. The van der Waals surface area contributed by atoms with Crippen LogP contribution in [0.5, 0.6) is 0 Å². The number of methoxy groups -OCH3 is 1. The summed E-state index contributed by atoms with van der Waals surface area (Å²) >= 11 is 0. The zero-order valence-corrected chi connectivity index (χ0v) is 14.6. The van der Waals surface area contributed by atoms with Gasteiger partial charge in [-0.3, -0.25) is 9.63 Å². The first-order valence-corrected chi connectivity index (χ1v) is 7.84. The second kappa shape index (κ2) is 7.52. The molecule has 1 N–H and O–H groups in total. The van der Waals surface area contributed by atoms with E-state index in [1.54, 1.807) is 6.92 Å². The third-order valence-corrected chi connectivity index (χ3v) is 3.83. The SMILES string of the molecule is COC(=O)C(C)(C)ON1C(=O)[C@@H](NC(=O)OCc2ccccc2)[C@@H]1C. The van der Waals surface area contributed by atoms with Gasteiger partial charge in [0, 0.05) is 0 Å². The van der Waals surface area contributed by atoms with Crippen molar-refractivity contribution in [1.82, 2.24) is 10.4 Å². The maximum atomic E-state index is 12.1. The molecule has 1 aliphatic heterocycles. The summed E-state index contributed by atoms with van der Waals surface area (Å²) in [4.78, 5) is 41.0. The van der Waals surface area contributed by atoms with E-state index in [-0.39, 0.29) is 6.61 Å². The minimum absolute atomic E-state index is 0.109. The predicted octanol–water partition coefficient (Wildman–Crippen LogP) is 1.40. The Morgan fingerprint density at radius 1 is 1.24 bits per heavy atom. The quantitative estimate of drug-likeness (QED) is 0.616. The molecule has 2 amide bonds. The number of nitrogens with zero attached hydrogens (tertiary/aromatic N) is 1. The number of esters is 1. The maximum absolute atomic E-state index is 12.1. The summed E-state index contributed by atoms with van der Waals surface area (Å²) in [6.45, 7) is 4.79. The summed E-state index contributed by atoms with van der Waals surface area (Å²) in [5.41, 5.74) is -0.465. The highest BCUT2D eigenvalue weighted by Gasteiger charge is 2.50. The molecule has 25 heavy (non-hydrogen) atoms. The lowest BCUT2D eigenvalue weighted by Crippen LogP contribution is -2.71. The van der Waals surface area contributed by atoms with Crippen molar-refractivity contribution in [3.63, 3.8) is 0 Å². The molecule has 0 bridgehead atoms. The maximum Gasteiger partial charge on any atom is 0.408 e. The van der Waals surface area contributed by atoms with Crippen molar-refractivity contribution in [2.75, 3.05) is 7.11 Å². The number of β-lactam (4-membered cyclic amide) rings is 1. The van der Waals surface area contributed by atoms with Crippen molar-refractivity contribution in [2.45, 2.75) is 45.1 Å². The van der Waals surface area contributed by atoms with Crippen LogP contribution in [0.3, 0.4) is 0 Å². The van der Waals surface area contributed by atoms with Gasteiger partial charge in [-0.25, -0.2) is 14.7 Å². The van der Waals surface area contributed by atoms with Gasteiger partial charge in [0.2, 0.25) is 0 Å². The molecule has 1 fully saturated rings. The number of ether oxygens (including phenoxy) is 2. The van der Waals surface area contributed by atoms with E-state index in [9.17, 15) is 14.4 Å². The van der Waals surface area contributed by atoms with Crippen molar-refractivity contribution < 1.29 is 28.7 Å². The van der Waals surface area contributed by atoms with Gasteiger partial charge in [-0.05, 0) is 26.3 Å². The van der Waals surface area contributed by atoms with Gasteiger partial charge >= 0.3 is 12.1 Å². The topological polar surface area (TPSA) is 94.2 Å². The molecule has 136 valence electrons. The summed E-state index contributed by atoms with van der Waals surface area (Å²) in [5, 5.41) is 3.55. The fourth-order valence-corrected chi connectivity index (χ4v) is 2.33. The Labute approximate surface area is 146 Å². The van der Waals surface area contributed by atoms with E-state index < -0.39 is 35.7 Å². The summed E-state index contributed by atoms with van der Waals surface area (Å²) in [6, 6.07) is 7.99. The number of hydrogen-bond acceptors (Lipinski definition) is 6. The molecular weight excluding hydrogens is 328 g/mol. The standard InChI is InChI=1S/C17H22N2O6/c1-11-13(14(20)19(11)25-17(2,3)15(21)23-4)18-16(22)24-10-12-8-6-5-7-9-12/h5-9,11,13H,10H2,1-4H3,(H,18,22)/t11-,13-/m0/s1. The van der Waals surface area contributed by atoms with Crippen LogP contribution in [0, 0.1) is 0 Å². The Balaban J connectivity index is 1.83. The summed E-state index contributed by atoms with van der Waals surface area (Å²) < 4.78 is 9.72. The fourth-order valence-electron chi connectivity index (χ4n) is 2.33. The molecule has 0 spiro atoms. The zero-order valence-electron chi connectivity index (χ0n) is 14.6. The number of alkyl carbamates (subject to hydrolysis) is 1. The number of benzene rings is 1. The molecule has 1 aliphatic rings. The summed E-state index contributed by atoms with van der Waals surface area (Å²) in [7, 11) is 1.24. The average Bonchev–Trinajstić information content (AvgIpc) is 2.62. The van der Waals surface area contributed by atoms with Crippen LogP contribution < -0.4 is 5.32 Å². The van der Waals surface area contributed by atoms with Gasteiger partial charge in [-0.2, -0.15) is 0 Å². The Morgan fingerprint density at radius 2 is 1.88 bits per heavy atom. The molecule has 2 atom stereocenters. The van der Waals surface area contributed by atoms with Crippen molar-refractivity contribution in [3.8, 4) is 0 Å². The predicted molar refractivity (Wildman–Crippen MR) is 87.0 cm³/mol. The van der Waals surface area contributed by atoms with Crippen molar-refractivity contribution in [1.29, 1.82) is 0 Å². The van der Waals surface area contributed by atoms with Crippen LogP contribution in [-0.2, 0) is 30.5 Å². The number of carbonyl (C=O) groups is 3. The van der Waals surface area contributed by atoms with Crippen LogP contribution in [-0.4, -0.2) is 47.8 Å². The van der Waals surface area contributed by atoms with Gasteiger partial charge in [0.05, 0.1) is 13.2 Å². The van der Waals surface area contributed by atoms with Crippen LogP contribution >= 0.6 is 0 Å². The zero-order chi connectivity index (χ0) is 18.6. The third-order valence-electron chi connectivity index (χ3n) is 3.83. The highest BCUT2D eigenvalue weighted by Crippen LogP contribution is 2.25. The van der Waals surface area contributed by atoms with E-state index in [0.29, 0.717) is 0 Å². The smallest absolute Gasteiger partial charge is 0.408 e. The van der Waals surface area contributed by atoms with Gasteiger partial charge in [0.1, 0.15) is 12.6 Å². The molecule has 0 saturated carbocycles. The van der Waals surface area contributed by atoms with Crippen LogP contribution in [0.1, 0.15) is 26.3 Å². The molecular formula is C17H22N2O6. The molecule has 1 aromatic carbocycles. The van der Waals surface area contributed by atoms with Crippen molar-refractivity contribution in [2.24, 2.45) is 0 Å². The van der Waals surface area contributed by atoms with E-state index in [0.717, 1.165) is 10.6 Å². The van der Waals surface area contributed by atoms with E-state index >= 15 is 0 Å². The number of hydroxylamine groups is 2. The molecule has 1 heterocycles. The molecule has 0 unspecified atom stereocenters. The van der Waals surface area contributed by atoms with Gasteiger partial charge in [-0.1, -0.05) is 30.3 Å². The molecule has 8 heteroatoms. The molecule has 1 saturated heterocycles. The summed E-state index contributed by atoms with van der Waals surface area (Å²) in [6.07, 6.45) is -0.694. The number of carbonyl (C=O) groups excluding carboxylic acids is 3. The largest absolute Gasteiger partial charge is 0.467 e. The Hall–Kier alpha value is -2.61. The number of hydrogen-bond donors (Lipinski definition) is 1. The van der Waals surface area contributed by atoms with E-state index in [1.807, 2.05) is 30.3 Å². The van der Waals surface area contributed by atoms with Gasteiger partial charge in [0.25, 0.3) is 5.91 Å². The first kappa shape index (κ1) is 18.7. The van der Waals surface area contributed by atoms with Crippen LogP contribution in [0.25, 0.3) is 0 Å². The third kappa shape index (κ3) is 4.27. The monoisotopic (exact) mass is 350 g/mol. The van der Waals surface area contributed by atoms with E-state index in [4.69, 9.17) is 9.57 Å². The van der Waals surface area contributed by atoms with Gasteiger partial charge in [0.15, 0.2) is 5.60 Å². The number of amides is 2. The van der Waals surface area contributed by atoms with Crippen molar-refractivity contribution >= 4 is 18.0 Å². The highest BCUT2D eigenvalue weighted by atomic mass is 16.7. The Bertz CT molecular complexity index is 646. The summed E-state index contributed by atoms with van der Waals surface area (Å²) in [5.74, 6) is -1.06. The van der Waals surface area contributed by atoms with Gasteiger partial charge in [-0.15, -0.1) is 0 Å². The molecule has 0 aromatic heterocycles. The Morgan fingerprint density at radius 3 is 2.44 bits per heavy atom. The second-order valence-corrected chi connectivity index (χ2v) is 6.18. The lowest BCUT2D eigenvalue weighted by atomic mass is 10.0. The van der Waals surface area contributed by atoms with E-state index in [2.05, 4.69) is 10.1 Å². The molecule has 8 nitrogen and oxygen atoms in total. The lowest BCUT2D eigenvalue weighted by molar-refractivity contribution is -0.273. The Kier molecular flexibility index (Phi) is 5.63. The second-order valence-electron chi connectivity index (χ2n) is 6.18. The molecule has 0 aliphatic carbocycles. The molecule has 0 radical (unpaired) electrons. The fraction of sp³-hybridized carbons (Fsp3) is 0.471. The highest BCUT2D eigenvalue weighted by molar-refractivity contribution is 5.91. The molecule has 2 rings (SSSR count). The lowest BCUT2D eigenvalue weighted by Gasteiger charge is -2.46. The minimum Gasteiger partial charge on any atom is -0.467 e. The van der Waals surface area contributed by atoms with E-state index in [1.165, 1.54) is 21.0 Å². The normalized spacial score (nSPS) is 19.8. The van der Waals surface area contributed by atoms with Crippen molar-refractivity contribution in [3.05, 3.63) is 35.9 Å². The van der Waals surface area contributed by atoms with Crippen LogP contribution in [0.2, 0.25) is 0 Å². The molecule has 1 aromatic rings. The van der Waals surface area contributed by atoms with Crippen LogP contribution in [0.4, 0.5) is 4.79 Å². The van der Waals surface area contributed by atoms with Gasteiger partial charge < -0.3 is 14.8 Å². The first-order valence-electron chi connectivity index (χ1n) is 7.84. The van der Waals surface area contributed by atoms with Crippen LogP contribution in [0.15, 0.2) is 30.3 Å². The number of nitrogens with one attached hydrogen (secondary N) is 1. The number of rotatable bonds is 6.